The van der Waals surface area contributed by atoms with Crippen molar-refractivity contribution < 1.29 is 4.79 Å². The fourth-order valence-corrected chi connectivity index (χ4v) is 2.70. The molecule has 1 saturated heterocycles. The third-order valence-electron chi connectivity index (χ3n) is 4.23. The summed E-state index contributed by atoms with van der Waals surface area (Å²) in [5.41, 5.74) is 2.18. The minimum Gasteiger partial charge on any atom is -0.354 e. The smallest absolute Gasteiger partial charge is 0.229 e. The van der Waals surface area contributed by atoms with Crippen LogP contribution in [-0.4, -0.2) is 54.0 Å². The van der Waals surface area contributed by atoms with Gasteiger partial charge in [0.05, 0.1) is 6.42 Å². The summed E-state index contributed by atoms with van der Waals surface area (Å²) in [4.78, 5) is 25.2. The van der Waals surface area contributed by atoms with E-state index in [0.29, 0.717) is 12.2 Å². The zero-order valence-electron chi connectivity index (χ0n) is 14.2. The number of rotatable bonds is 4. The maximum absolute atomic E-state index is 12.2. The summed E-state index contributed by atoms with van der Waals surface area (Å²) >= 11 is 0. The lowest BCUT2D eigenvalue weighted by atomic mass is 10.1. The van der Waals surface area contributed by atoms with Gasteiger partial charge in [-0.25, -0.2) is 9.97 Å². The highest BCUT2D eigenvalue weighted by molar-refractivity contribution is 5.91. The number of nitrogens with one attached hydrogen (secondary N) is 1. The molecule has 1 aromatic heterocycles. The van der Waals surface area contributed by atoms with Gasteiger partial charge in [-0.3, -0.25) is 4.79 Å². The van der Waals surface area contributed by atoms with E-state index >= 15 is 0 Å². The average molecular weight is 325 g/mol. The normalized spacial score (nSPS) is 15.3. The summed E-state index contributed by atoms with van der Waals surface area (Å²) in [6, 6.07) is 9.82. The molecule has 0 atom stereocenters. The summed E-state index contributed by atoms with van der Waals surface area (Å²) in [5, 5.41) is 2.87. The lowest BCUT2D eigenvalue weighted by Crippen LogP contribution is -2.44. The molecular formula is C18H23N5O. The standard InChI is InChI=1S/C18H23N5O/c1-14-3-5-15(6-4-14)11-18(24)21-16-12-17(20-13-19-16)23-9-7-22(2)8-10-23/h3-6,12-13H,7-11H2,1-2H3,(H,19,20,21,24). The Hall–Kier alpha value is -2.47. The molecule has 1 N–H and O–H groups in total. The average Bonchev–Trinajstić information content (AvgIpc) is 2.58. The van der Waals surface area contributed by atoms with E-state index < -0.39 is 0 Å². The zero-order chi connectivity index (χ0) is 16.9. The Bertz CT molecular complexity index is 693. The highest BCUT2D eigenvalue weighted by atomic mass is 16.1. The summed E-state index contributed by atoms with van der Waals surface area (Å²) in [5.74, 6) is 1.35. The van der Waals surface area contributed by atoms with Crippen LogP contribution in [0.5, 0.6) is 0 Å². The second kappa shape index (κ2) is 7.40. The van der Waals surface area contributed by atoms with Gasteiger partial charge in [0.1, 0.15) is 18.0 Å². The fraction of sp³-hybridized carbons (Fsp3) is 0.389. The molecule has 2 aromatic rings. The number of amides is 1. The maximum atomic E-state index is 12.2. The second-order valence-corrected chi connectivity index (χ2v) is 6.26. The van der Waals surface area contributed by atoms with Crippen LogP contribution >= 0.6 is 0 Å². The summed E-state index contributed by atoms with van der Waals surface area (Å²) < 4.78 is 0. The molecule has 0 unspecified atom stereocenters. The first-order valence-electron chi connectivity index (χ1n) is 8.21. The first-order valence-corrected chi connectivity index (χ1v) is 8.21. The predicted molar refractivity (Wildman–Crippen MR) is 95.3 cm³/mol. The van der Waals surface area contributed by atoms with Crippen molar-refractivity contribution in [2.24, 2.45) is 0 Å². The number of likely N-dealkylation sites (N-methyl/N-ethyl adjacent to an activating group) is 1. The number of aryl methyl sites for hydroxylation is 1. The molecule has 0 radical (unpaired) electrons. The van der Waals surface area contributed by atoms with Crippen LogP contribution < -0.4 is 10.2 Å². The third kappa shape index (κ3) is 4.29. The van der Waals surface area contributed by atoms with E-state index in [2.05, 4.69) is 32.1 Å². The summed E-state index contributed by atoms with van der Waals surface area (Å²) in [7, 11) is 2.12. The van der Waals surface area contributed by atoms with E-state index in [1.54, 1.807) is 0 Å². The van der Waals surface area contributed by atoms with E-state index in [9.17, 15) is 4.79 Å². The molecular weight excluding hydrogens is 302 g/mol. The molecule has 2 heterocycles. The molecule has 24 heavy (non-hydrogen) atoms. The molecule has 1 aliphatic rings. The monoisotopic (exact) mass is 325 g/mol. The fourth-order valence-electron chi connectivity index (χ4n) is 2.70. The van der Waals surface area contributed by atoms with Gasteiger partial charge >= 0.3 is 0 Å². The quantitative estimate of drug-likeness (QED) is 0.927. The van der Waals surface area contributed by atoms with E-state index in [-0.39, 0.29) is 5.91 Å². The molecule has 0 aliphatic carbocycles. The Morgan fingerprint density at radius 3 is 2.54 bits per heavy atom. The van der Waals surface area contributed by atoms with Crippen LogP contribution in [-0.2, 0) is 11.2 Å². The van der Waals surface area contributed by atoms with Crippen molar-refractivity contribution in [1.82, 2.24) is 14.9 Å². The number of anilines is 2. The van der Waals surface area contributed by atoms with Crippen molar-refractivity contribution >= 4 is 17.5 Å². The molecule has 1 amide bonds. The lowest BCUT2D eigenvalue weighted by molar-refractivity contribution is -0.115. The Morgan fingerprint density at radius 1 is 1.12 bits per heavy atom. The number of carbonyl (C=O) groups is 1. The van der Waals surface area contributed by atoms with Crippen molar-refractivity contribution in [3.05, 3.63) is 47.8 Å². The highest BCUT2D eigenvalue weighted by Crippen LogP contribution is 2.16. The Balaban J connectivity index is 1.61. The second-order valence-electron chi connectivity index (χ2n) is 6.26. The molecule has 1 aromatic carbocycles. The molecule has 3 rings (SSSR count). The minimum absolute atomic E-state index is 0.0677. The van der Waals surface area contributed by atoms with Crippen molar-refractivity contribution in [3.8, 4) is 0 Å². The van der Waals surface area contributed by atoms with Crippen LogP contribution in [0.15, 0.2) is 36.7 Å². The number of carbonyl (C=O) groups excluding carboxylic acids is 1. The maximum Gasteiger partial charge on any atom is 0.229 e. The van der Waals surface area contributed by atoms with Crippen LogP contribution in [0.25, 0.3) is 0 Å². The largest absolute Gasteiger partial charge is 0.354 e. The molecule has 0 bridgehead atoms. The Morgan fingerprint density at radius 2 is 1.83 bits per heavy atom. The Kier molecular flexibility index (Phi) is 5.05. The highest BCUT2D eigenvalue weighted by Gasteiger charge is 2.16. The number of hydrogen-bond acceptors (Lipinski definition) is 5. The molecule has 126 valence electrons. The first-order chi connectivity index (χ1) is 11.6. The number of hydrogen-bond donors (Lipinski definition) is 1. The van der Waals surface area contributed by atoms with E-state index in [1.165, 1.54) is 11.9 Å². The van der Waals surface area contributed by atoms with Crippen molar-refractivity contribution in [3.63, 3.8) is 0 Å². The van der Waals surface area contributed by atoms with E-state index in [4.69, 9.17) is 0 Å². The Labute approximate surface area is 142 Å². The molecule has 1 aliphatic heterocycles. The van der Waals surface area contributed by atoms with Crippen molar-refractivity contribution in [1.29, 1.82) is 0 Å². The third-order valence-corrected chi connectivity index (χ3v) is 4.23. The van der Waals surface area contributed by atoms with Gasteiger partial charge in [0, 0.05) is 32.2 Å². The SMILES string of the molecule is Cc1ccc(CC(=O)Nc2cc(N3CCN(C)CC3)ncn2)cc1. The van der Waals surface area contributed by atoms with Gasteiger partial charge < -0.3 is 15.1 Å². The van der Waals surface area contributed by atoms with Crippen molar-refractivity contribution in [2.45, 2.75) is 13.3 Å². The van der Waals surface area contributed by atoms with Gasteiger partial charge in [0.2, 0.25) is 5.91 Å². The molecule has 6 nitrogen and oxygen atoms in total. The predicted octanol–water partition coefficient (Wildman–Crippen LogP) is 1.72. The minimum atomic E-state index is -0.0677. The van der Waals surface area contributed by atoms with E-state index in [1.807, 2.05) is 37.3 Å². The molecule has 0 saturated carbocycles. The van der Waals surface area contributed by atoms with Gasteiger partial charge in [0.25, 0.3) is 0 Å². The van der Waals surface area contributed by atoms with Gasteiger partial charge in [-0.15, -0.1) is 0 Å². The van der Waals surface area contributed by atoms with E-state index in [0.717, 1.165) is 37.6 Å². The number of aromatic nitrogens is 2. The number of piperazine rings is 1. The molecule has 6 heteroatoms. The van der Waals surface area contributed by atoms with Crippen LogP contribution in [0, 0.1) is 6.92 Å². The summed E-state index contributed by atoms with van der Waals surface area (Å²) in [6.07, 6.45) is 1.85. The first kappa shape index (κ1) is 16.4. The van der Waals surface area contributed by atoms with Gasteiger partial charge in [-0.05, 0) is 19.5 Å². The van der Waals surface area contributed by atoms with Crippen LogP contribution in [0.1, 0.15) is 11.1 Å². The zero-order valence-corrected chi connectivity index (χ0v) is 14.2. The molecule has 0 spiro atoms. The molecule has 1 fully saturated rings. The van der Waals surface area contributed by atoms with Gasteiger partial charge in [-0.1, -0.05) is 29.8 Å². The van der Waals surface area contributed by atoms with Gasteiger partial charge in [0.15, 0.2) is 0 Å². The topological polar surface area (TPSA) is 61.4 Å². The van der Waals surface area contributed by atoms with Crippen LogP contribution in [0.4, 0.5) is 11.6 Å². The number of nitrogens with zero attached hydrogens (tertiary/aromatic N) is 4. The summed E-state index contributed by atoms with van der Waals surface area (Å²) in [6.45, 7) is 5.93. The number of benzene rings is 1. The lowest BCUT2D eigenvalue weighted by Gasteiger charge is -2.33. The van der Waals surface area contributed by atoms with Crippen LogP contribution in [0.3, 0.4) is 0 Å². The van der Waals surface area contributed by atoms with Crippen LogP contribution in [0.2, 0.25) is 0 Å². The van der Waals surface area contributed by atoms with Crippen molar-refractivity contribution in [2.75, 3.05) is 43.4 Å². The van der Waals surface area contributed by atoms with Gasteiger partial charge in [-0.2, -0.15) is 0 Å².